The molecule has 1 atom stereocenters. The molecular weight excluding hydrogens is 268 g/mol. The lowest BCUT2D eigenvalue weighted by Gasteiger charge is -2.12. The van der Waals surface area contributed by atoms with Gasteiger partial charge in [0.2, 0.25) is 5.91 Å². The molecule has 1 aromatic rings. The van der Waals surface area contributed by atoms with Gasteiger partial charge in [0, 0.05) is 12.3 Å². The predicted octanol–water partition coefficient (Wildman–Crippen LogP) is 2.18. The Kier molecular flexibility index (Phi) is 6.50. The molecule has 1 aromatic carbocycles. The number of carbonyl (C=O) groups is 1. The predicted molar refractivity (Wildman–Crippen MR) is 82.7 cm³/mol. The van der Waals surface area contributed by atoms with Crippen LogP contribution in [0.3, 0.4) is 0 Å². The van der Waals surface area contributed by atoms with Gasteiger partial charge in [-0.15, -0.1) is 0 Å². The van der Waals surface area contributed by atoms with Crippen LogP contribution >= 0.6 is 0 Å². The number of ether oxygens (including phenoxy) is 2. The molecule has 0 aliphatic carbocycles. The van der Waals surface area contributed by atoms with Crippen LogP contribution in [-0.2, 0) is 9.53 Å². The molecule has 1 saturated heterocycles. The van der Waals surface area contributed by atoms with Gasteiger partial charge in [-0.25, -0.2) is 0 Å². The van der Waals surface area contributed by atoms with Crippen molar-refractivity contribution >= 4 is 11.6 Å². The molecule has 0 radical (unpaired) electrons. The molecule has 1 amide bonds. The van der Waals surface area contributed by atoms with Crippen molar-refractivity contribution in [2.45, 2.75) is 32.3 Å². The SMILES string of the molecule is CCCNCC(=O)Nc1ccc(OCC2CCCO2)cc1. The summed E-state index contributed by atoms with van der Waals surface area (Å²) < 4.78 is 11.2. The molecule has 1 unspecified atom stereocenters. The molecule has 116 valence electrons. The smallest absolute Gasteiger partial charge is 0.238 e. The zero-order valence-electron chi connectivity index (χ0n) is 12.6. The van der Waals surface area contributed by atoms with Crippen LogP contribution in [0.2, 0.25) is 0 Å². The largest absolute Gasteiger partial charge is 0.491 e. The molecule has 5 heteroatoms. The highest BCUT2D eigenvalue weighted by Gasteiger charge is 2.15. The maximum Gasteiger partial charge on any atom is 0.238 e. The number of nitrogens with one attached hydrogen (secondary N) is 2. The third kappa shape index (κ3) is 5.73. The zero-order chi connectivity index (χ0) is 14.9. The highest BCUT2D eigenvalue weighted by molar-refractivity contribution is 5.92. The Labute approximate surface area is 126 Å². The van der Waals surface area contributed by atoms with Crippen LogP contribution in [0.1, 0.15) is 26.2 Å². The minimum Gasteiger partial charge on any atom is -0.491 e. The molecule has 1 aliphatic rings. The highest BCUT2D eigenvalue weighted by Crippen LogP contribution is 2.18. The standard InChI is InChI=1S/C16H24N2O3/c1-2-9-17-11-16(19)18-13-5-7-14(8-6-13)21-12-15-4-3-10-20-15/h5-8,15,17H,2-4,9-12H2,1H3,(H,18,19). The van der Waals surface area contributed by atoms with Crippen molar-refractivity contribution in [1.82, 2.24) is 5.32 Å². The van der Waals surface area contributed by atoms with Gasteiger partial charge in [-0.05, 0) is 50.1 Å². The van der Waals surface area contributed by atoms with E-state index in [1.807, 2.05) is 24.3 Å². The third-order valence-corrected chi connectivity index (χ3v) is 3.31. The van der Waals surface area contributed by atoms with Crippen molar-refractivity contribution in [2.75, 3.05) is 31.6 Å². The van der Waals surface area contributed by atoms with E-state index in [-0.39, 0.29) is 12.0 Å². The monoisotopic (exact) mass is 292 g/mol. The Balaban J connectivity index is 1.71. The molecule has 0 aromatic heterocycles. The van der Waals surface area contributed by atoms with Gasteiger partial charge >= 0.3 is 0 Å². The van der Waals surface area contributed by atoms with Crippen molar-refractivity contribution in [3.05, 3.63) is 24.3 Å². The normalized spacial score (nSPS) is 17.7. The molecule has 0 spiro atoms. The van der Waals surface area contributed by atoms with Crippen molar-refractivity contribution in [1.29, 1.82) is 0 Å². The second-order valence-corrected chi connectivity index (χ2v) is 5.20. The number of rotatable bonds is 8. The van der Waals surface area contributed by atoms with Crippen molar-refractivity contribution < 1.29 is 14.3 Å². The van der Waals surface area contributed by atoms with E-state index >= 15 is 0 Å². The number of carbonyl (C=O) groups excluding carboxylic acids is 1. The third-order valence-electron chi connectivity index (χ3n) is 3.31. The summed E-state index contributed by atoms with van der Waals surface area (Å²) in [5, 5.41) is 5.91. The Morgan fingerprint density at radius 1 is 1.38 bits per heavy atom. The van der Waals surface area contributed by atoms with Crippen molar-refractivity contribution in [3.63, 3.8) is 0 Å². The van der Waals surface area contributed by atoms with E-state index in [1.165, 1.54) is 0 Å². The first-order chi connectivity index (χ1) is 10.3. The summed E-state index contributed by atoms with van der Waals surface area (Å²) >= 11 is 0. The Morgan fingerprint density at radius 2 is 2.19 bits per heavy atom. The fraction of sp³-hybridized carbons (Fsp3) is 0.562. The van der Waals surface area contributed by atoms with E-state index in [0.29, 0.717) is 13.2 Å². The van der Waals surface area contributed by atoms with E-state index in [1.54, 1.807) is 0 Å². The molecule has 0 saturated carbocycles. The minimum absolute atomic E-state index is 0.0310. The van der Waals surface area contributed by atoms with E-state index in [4.69, 9.17) is 9.47 Å². The maximum atomic E-state index is 11.7. The summed E-state index contributed by atoms with van der Waals surface area (Å²) in [6.07, 6.45) is 3.42. The maximum absolute atomic E-state index is 11.7. The summed E-state index contributed by atoms with van der Waals surface area (Å²) in [5.74, 6) is 0.768. The van der Waals surface area contributed by atoms with Crippen molar-refractivity contribution in [3.8, 4) is 5.75 Å². The van der Waals surface area contributed by atoms with Gasteiger partial charge in [0.15, 0.2) is 0 Å². The average Bonchev–Trinajstić information content (AvgIpc) is 3.00. The fourth-order valence-electron chi connectivity index (χ4n) is 2.18. The van der Waals surface area contributed by atoms with Crippen LogP contribution < -0.4 is 15.4 Å². The molecule has 2 rings (SSSR count). The van der Waals surface area contributed by atoms with Crippen LogP contribution in [0, 0.1) is 0 Å². The fourth-order valence-corrected chi connectivity index (χ4v) is 2.18. The average molecular weight is 292 g/mol. The summed E-state index contributed by atoms with van der Waals surface area (Å²) in [7, 11) is 0. The lowest BCUT2D eigenvalue weighted by Crippen LogP contribution is -2.28. The molecule has 21 heavy (non-hydrogen) atoms. The van der Waals surface area contributed by atoms with E-state index in [2.05, 4.69) is 17.6 Å². The molecule has 1 heterocycles. The minimum atomic E-state index is -0.0310. The van der Waals surface area contributed by atoms with Crippen LogP contribution in [-0.4, -0.2) is 38.3 Å². The molecule has 1 aliphatic heterocycles. The van der Waals surface area contributed by atoms with E-state index < -0.39 is 0 Å². The quantitative estimate of drug-likeness (QED) is 0.721. The van der Waals surface area contributed by atoms with Gasteiger partial charge in [0.1, 0.15) is 12.4 Å². The Morgan fingerprint density at radius 3 is 2.86 bits per heavy atom. The lowest BCUT2D eigenvalue weighted by molar-refractivity contribution is -0.115. The van der Waals surface area contributed by atoms with Gasteiger partial charge < -0.3 is 20.1 Å². The van der Waals surface area contributed by atoms with Gasteiger partial charge in [0.25, 0.3) is 0 Å². The summed E-state index contributed by atoms with van der Waals surface area (Å²) in [6.45, 7) is 4.69. The number of benzene rings is 1. The van der Waals surface area contributed by atoms with Crippen molar-refractivity contribution in [2.24, 2.45) is 0 Å². The number of hydrogen-bond donors (Lipinski definition) is 2. The Hall–Kier alpha value is -1.59. The molecule has 1 fully saturated rings. The van der Waals surface area contributed by atoms with Crippen LogP contribution in [0.5, 0.6) is 5.75 Å². The van der Waals surface area contributed by atoms with Crippen LogP contribution in [0.15, 0.2) is 24.3 Å². The number of hydrogen-bond acceptors (Lipinski definition) is 4. The zero-order valence-corrected chi connectivity index (χ0v) is 12.6. The molecule has 0 bridgehead atoms. The number of amides is 1. The lowest BCUT2D eigenvalue weighted by atomic mass is 10.2. The van der Waals surface area contributed by atoms with Crippen LogP contribution in [0.25, 0.3) is 0 Å². The van der Waals surface area contributed by atoms with Gasteiger partial charge in [-0.1, -0.05) is 6.92 Å². The molecular formula is C16H24N2O3. The highest BCUT2D eigenvalue weighted by atomic mass is 16.5. The summed E-state index contributed by atoms with van der Waals surface area (Å²) in [4.78, 5) is 11.7. The number of anilines is 1. The summed E-state index contributed by atoms with van der Waals surface area (Å²) in [6, 6.07) is 7.43. The Bertz CT molecular complexity index is 428. The van der Waals surface area contributed by atoms with Crippen LogP contribution in [0.4, 0.5) is 5.69 Å². The van der Waals surface area contributed by atoms with E-state index in [0.717, 1.165) is 43.9 Å². The first kappa shape index (κ1) is 15.8. The second-order valence-electron chi connectivity index (χ2n) is 5.20. The van der Waals surface area contributed by atoms with E-state index in [9.17, 15) is 4.79 Å². The van der Waals surface area contributed by atoms with Gasteiger partial charge in [-0.2, -0.15) is 0 Å². The molecule has 2 N–H and O–H groups in total. The topological polar surface area (TPSA) is 59.6 Å². The first-order valence-corrected chi connectivity index (χ1v) is 7.63. The van der Waals surface area contributed by atoms with Gasteiger partial charge in [0.05, 0.1) is 12.6 Å². The second kappa shape index (κ2) is 8.64. The molecule has 5 nitrogen and oxygen atoms in total. The van der Waals surface area contributed by atoms with Gasteiger partial charge in [-0.3, -0.25) is 4.79 Å². The summed E-state index contributed by atoms with van der Waals surface area (Å²) in [5.41, 5.74) is 0.780. The first-order valence-electron chi connectivity index (χ1n) is 7.63.